The minimum atomic E-state index is -0.839. The molecule has 1 heterocycles. The topological polar surface area (TPSA) is 98.2 Å². The number of amides is 2. The van der Waals surface area contributed by atoms with E-state index in [0.29, 0.717) is 34.7 Å². The summed E-state index contributed by atoms with van der Waals surface area (Å²) < 4.78 is 16.5. The van der Waals surface area contributed by atoms with Gasteiger partial charge in [0.05, 0.1) is 31.0 Å². The van der Waals surface area contributed by atoms with Crippen molar-refractivity contribution in [3.05, 3.63) is 22.2 Å². The lowest BCUT2D eigenvalue weighted by molar-refractivity contribution is -0.139. The highest BCUT2D eigenvalue weighted by atomic mass is 79.9. The molecule has 1 aromatic carbocycles. The van der Waals surface area contributed by atoms with E-state index >= 15 is 0 Å². The number of benzene rings is 1. The summed E-state index contributed by atoms with van der Waals surface area (Å²) >= 11 is 3.37. The Bertz CT molecular complexity index is 659. The molecule has 2 N–H and O–H groups in total. The van der Waals surface area contributed by atoms with Crippen molar-refractivity contribution in [3.63, 3.8) is 0 Å². The van der Waals surface area contributed by atoms with Crippen LogP contribution in [-0.2, 0) is 14.3 Å². The molecule has 0 aliphatic carbocycles. The molecule has 0 spiro atoms. The van der Waals surface area contributed by atoms with Crippen molar-refractivity contribution in [2.24, 2.45) is 5.10 Å². The second-order valence-electron chi connectivity index (χ2n) is 5.28. The molecule has 0 saturated carbocycles. The first-order chi connectivity index (χ1) is 12.0. The molecule has 0 aromatic heterocycles. The molecule has 1 aliphatic heterocycles. The highest BCUT2D eigenvalue weighted by Gasteiger charge is 2.19. The first-order valence-electron chi connectivity index (χ1n) is 7.69. The van der Waals surface area contributed by atoms with Crippen LogP contribution in [0.1, 0.15) is 18.4 Å². The first kappa shape index (κ1) is 19.2. The van der Waals surface area contributed by atoms with Crippen LogP contribution in [0.5, 0.6) is 11.5 Å². The van der Waals surface area contributed by atoms with Crippen LogP contribution < -0.4 is 20.2 Å². The van der Waals surface area contributed by atoms with Crippen molar-refractivity contribution in [3.8, 4) is 11.5 Å². The smallest absolute Gasteiger partial charge is 0.329 e. The molecule has 136 valence electrons. The first-order valence-corrected chi connectivity index (χ1v) is 8.48. The van der Waals surface area contributed by atoms with Crippen molar-refractivity contribution < 1.29 is 23.8 Å². The Morgan fingerprint density at radius 1 is 1.36 bits per heavy atom. The van der Waals surface area contributed by atoms with Gasteiger partial charge in [0.1, 0.15) is 0 Å². The van der Waals surface area contributed by atoms with Gasteiger partial charge in [-0.25, -0.2) is 5.43 Å². The Balaban J connectivity index is 1.88. The third-order valence-electron chi connectivity index (χ3n) is 3.56. The lowest BCUT2D eigenvalue weighted by atomic mass is 10.2. The molecule has 1 aliphatic rings. The predicted molar refractivity (Wildman–Crippen MR) is 95.0 cm³/mol. The number of hydrogen-bond acceptors (Lipinski definition) is 6. The summed E-state index contributed by atoms with van der Waals surface area (Å²) in [4.78, 5) is 23.4. The maximum absolute atomic E-state index is 11.7. The van der Waals surface area contributed by atoms with Gasteiger partial charge in [0.2, 0.25) is 0 Å². The van der Waals surface area contributed by atoms with Gasteiger partial charge >= 0.3 is 11.8 Å². The zero-order chi connectivity index (χ0) is 18.2. The van der Waals surface area contributed by atoms with Crippen molar-refractivity contribution in [2.75, 3.05) is 27.4 Å². The van der Waals surface area contributed by atoms with Crippen LogP contribution in [0.25, 0.3) is 0 Å². The lowest BCUT2D eigenvalue weighted by Crippen LogP contribution is -2.41. The molecule has 9 heteroatoms. The largest absolute Gasteiger partial charge is 0.493 e. The Morgan fingerprint density at radius 2 is 2.16 bits per heavy atom. The number of ether oxygens (including phenoxy) is 3. The molecule has 0 radical (unpaired) electrons. The summed E-state index contributed by atoms with van der Waals surface area (Å²) in [7, 11) is 3.05. The van der Waals surface area contributed by atoms with Crippen LogP contribution >= 0.6 is 15.9 Å². The van der Waals surface area contributed by atoms with Crippen LogP contribution in [0.4, 0.5) is 0 Å². The van der Waals surface area contributed by atoms with Crippen molar-refractivity contribution in [2.45, 2.75) is 18.9 Å². The Labute approximate surface area is 154 Å². The molecule has 1 aromatic rings. The molecule has 1 atom stereocenters. The minimum absolute atomic E-state index is 0.0237. The van der Waals surface area contributed by atoms with Crippen LogP contribution in [0.3, 0.4) is 0 Å². The number of carbonyl (C=O) groups is 2. The Kier molecular flexibility index (Phi) is 7.20. The highest BCUT2D eigenvalue weighted by molar-refractivity contribution is 9.10. The van der Waals surface area contributed by atoms with Gasteiger partial charge in [0.15, 0.2) is 11.5 Å². The fourth-order valence-corrected chi connectivity index (χ4v) is 2.94. The molecule has 2 amide bonds. The van der Waals surface area contributed by atoms with Gasteiger partial charge in [-0.05, 0) is 46.5 Å². The summed E-state index contributed by atoms with van der Waals surface area (Å²) in [6.07, 6.45) is 3.23. The highest BCUT2D eigenvalue weighted by Crippen LogP contribution is 2.35. The van der Waals surface area contributed by atoms with Gasteiger partial charge in [0.25, 0.3) is 0 Å². The summed E-state index contributed by atoms with van der Waals surface area (Å²) in [5, 5.41) is 6.30. The summed E-state index contributed by atoms with van der Waals surface area (Å²) in [5.41, 5.74) is 2.84. The molecule has 25 heavy (non-hydrogen) atoms. The standard InChI is InChI=1S/C16H20BrN3O5/c1-23-13-7-10(6-12(17)14(13)24-2)8-19-20-16(22)15(21)18-9-11-4-3-5-25-11/h6-8,11H,3-5,9H2,1-2H3,(H,18,21)(H,20,22)/b19-8-/t11-/m0/s1. The van der Waals surface area contributed by atoms with Gasteiger partial charge < -0.3 is 19.5 Å². The number of rotatable bonds is 6. The zero-order valence-corrected chi connectivity index (χ0v) is 15.6. The Morgan fingerprint density at radius 3 is 2.80 bits per heavy atom. The van der Waals surface area contributed by atoms with E-state index in [4.69, 9.17) is 14.2 Å². The van der Waals surface area contributed by atoms with E-state index in [1.54, 1.807) is 12.1 Å². The number of hydrazone groups is 1. The van der Waals surface area contributed by atoms with Crippen LogP contribution in [0, 0.1) is 0 Å². The number of nitrogens with one attached hydrogen (secondary N) is 2. The molecule has 1 fully saturated rings. The second kappa shape index (κ2) is 9.38. The summed E-state index contributed by atoms with van der Waals surface area (Å²) in [5.74, 6) is -0.522. The number of methoxy groups -OCH3 is 2. The third-order valence-corrected chi connectivity index (χ3v) is 4.15. The third kappa shape index (κ3) is 5.43. The van der Waals surface area contributed by atoms with E-state index in [0.717, 1.165) is 12.8 Å². The SMILES string of the molecule is COc1cc(/C=N\NC(=O)C(=O)NC[C@@H]2CCCO2)cc(Br)c1OC. The van der Waals surface area contributed by atoms with Gasteiger partial charge in [-0.2, -0.15) is 5.10 Å². The zero-order valence-electron chi connectivity index (χ0n) is 14.0. The number of halogens is 1. The molecule has 0 unspecified atom stereocenters. The van der Waals surface area contributed by atoms with Crippen LogP contribution in [0.15, 0.2) is 21.7 Å². The second-order valence-corrected chi connectivity index (χ2v) is 6.14. The van der Waals surface area contributed by atoms with E-state index in [1.165, 1.54) is 20.4 Å². The van der Waals surface area contributed by atoms with E-state index in [2.05, 4.69) is 31.8 Å². The predicted octanol–water partition coefficient (Wildman–Crippen LogP) is 1.21. The van der Waals surface area contributed by atoms with Crippen molar-refractivity contribution >= 4 is 34.0 Å². The van der Waals surface area contributed by atoms with E-state index in [1.807, 2.05) is 0 Å². The molecular formula is C16H20BrN3O5. The van der Waals surface area contributed by atoms with Crippen LogP contribution in [-0.4, -0.2) is 51.5 Å². The maximum atomic E-state index is 11.7. The summed E-state index contributed by atoms with van der Waals surface area (Å²) in [6, 6.07) is 3.44. The van der Waals surface area contributed by atoms with E-state index in [9.17, 15) is 9.59 Å². The van der Waals surface area contributed by atoms with E-state index in [-0.39, 0.29) is 6.10 Å². The average Bonchev–Trinajstić information content (AvgIpc) is 3.12. The number of hydrogen-bond donors (Lipinski definition) is 2. The molecule has 1 saturated heterocycles. The van der Waals surface area contributed by atoms with Gasteiger partial charge in [-0.15, -0.1) is 0 Å². The van der Waals surface area contributed by atoms with Crippen LogP contribution in [0.2, 0.25) is 0 Å². The number of carbonyl (C=O) groups excluding carboxylic acids is 2. The van der Waals surface area contributed by atoms with Gasteiger partial charge in [-0.1, -0.05) is 0 Å². The fourth-order valence-electron chi connectivity index (χ4n) is 2.32. The molecule has 8 nitrogen and oxygen atoms in total. The average molecular weight is 414 g/mol. The normalized spacial score (nSPS) is 16.7. The summed E-state index contributed by atoms with van der Waals surface area (Å²) in [6.45, 7) is 1.01. The van der Waals surface area contributed by atoms with Gasteiger partial charge in [-0.3, -0.25) is 9.59 Å². The monoisotopic (exact) mass is 413 g/mol. The van der Waals surface area contributed by atoms with Crippen molar-refractivity contribution in [1.82, 2.24) is 10.7 Å². The minimum Gasteiger partial charge on any atom is -0.493 e. The van der Waals surface area contributed by atoms with Gasteiger partial charge in [0, 0.05) is 13.2 Å². The molecule has 0 bridgehead atoms. The number of nitrogens with zero attached hydrogens (tertiary/aromatic N) is 1. The lowest BCUT2D eigenvalue weighted by Gasteiger charge is -2.10. The molecule has 2 rings (SSSR count). The Hall–Kier alpha value is -2.13. The van der Waals surface area contributed by atoms with E-state index < -0.39 is 11.8 Å². The quantitative estimate of drug-likeness (QED) is 0.414. The fraction of sp³-hybridized carbons (Fsp3) is 0.438. The van der Waals surface area contributed by atoms with Crippen molar-refractivity contribution in [1.29, 1.82) is 0 Å². The molecular weight excluding hydrogens is 394 g/mol. The maximum Gasteiger partial charge on any atom is 0.329 e.